The summed E-state index contributed by atoms with van der Waals surface area (Å²) in [5.74, 6) is 0. The van der Waals surface area contributed by atoms with Crippen LogP contribution in [0.25, 0.3) is 0 Å². The van der Waals surface area contributed by atoms with E-state index in [1.54, 1.807) is 0 Å². The molecule has 2 aliphatic rings. The lowest BCUT2D eigenvalue weighted by Crippen LogP contribution is -2.42. The third-order valence-electron chi connectivity index (χ3n) is 4.71. The molecule has 22 heavy (non-hydrogen) atoms. The standard InChI is InChI=1S/C17H25N3O2/c21-16(18-13-17(22)9-3-4-10-17)19-14-7-1-2-8-15(14)20-11-5-6-12-20/h1-2,7-8,22H,3-6,9-13H2,(H2,18,19,21). The van der Waals surface area contributed by atoms with Crippen LogP contribution in [0.3, 0.4) is 0 Å². The first kappa shape index (κ1) is 15.2. The molecule has 1 aliphatic carbocycles. The number of aliphatic hydroxyl groups is 1. The number of carbonyl (C=O) groups is 1. The number of nitrogens with zero attached hydrogens (tertiary/aromatic N) is 1. The summed E-state index contributed by atoms with van der Waals surface area (Å²) in [7, 11) is 0. The highest BCUT2D eigenvalue weighted by molar-refractivity contribution is 5.93. The number of para-hydroxylation sites is 2. The molecular formula is C17H25N3O2. The Bertz CT molecular complexity index is 520. The van der Waals surface area contributed by atoms with Crippen molar-refractivity contribution in [1.29, 1.82) is 0 Å². The van der Waals surface area contributed by atoms with Gasteiger partial charge in [-0.15, -0.1) is 0 Å². The van der Waals surface area contributed by atoms with Crippen LogP contribution in [0.2, 0.25) is 0 Å². The van der Waals surface area contributed by atoms with E-state index in [1.807, 2.05) is 24.3 Å². The van der Waals surface area contributed by atoms with Crippen LogP contribution >= 0.6 is 0 Å². The van der Waals surface area contributed by atoms with E-state index in [-0.39, 0.29) is 6.03 Å². The largest absolute Gasteiger partial charge is 0.388 e. The zero-order valence-corrected chi connectivity index (χ0v) is 13.0. The van der Waals surface area contributed by atoms with Crippen molar-refractivity contribution >= 4 is 17.4 Å². The molecule has 1 aromatic rings. The third-order valence-corrected chi connectivity index (χ3v) is 4.71. The van der Waals surface area contributed by atoms with Crippen LogP contribution in [-0.2, 0) is 0 Å². The predicted octanol–water partition coefficient (Wildman–Crippen LogP) is 2.71. The molecule has 1 saturated carbocycles. The summed E-state index contributed by atoms with van der Waals surface area (Å²) in [5, 5.41) is 16.0. The van der Waals surface area contributed by atoms with Gasteiger partial charge >= 0.3 is 6.03 Å². The molecule has 1 saturated heterocycles. The van der Waals surface area contributed by atoms with E-state index in [9.17, 15) is 9.90 Å². The molecule has 0 radical (unpaired) electrons. The fourth-order valence-electron chi connectivity index (χ4n) is 3.43. The summed E-state index contributed by atoms with van der Waals surface area (Å²) < 4.78 is 0. The highest BCUT2D eigenvalue weighted by Gasteiger charge is 2.31. The lowest BCUT2D eigenvalue weighted by molar-refractivity contribution is 0.0506. The fourth-order valence-corrected chi connectivity index (χ4v) is 3.43. The van der Waals surface area contributed by atoms with Crippen molar-refractivity contribution in [2.24, 2.45) is 0 Å². The van der Waals surface area contributed by atoms with Crippen molar-refractivity contribution in [2.45, 2.75) is 44.1 Å². The van der Waals surface area contributed by atoms with E-state index in [0.29, 0.717) is 6.54 Å². The van der Waals surface area contributed by atoms with Crippen LogP contribution in [0.4, 0.5) is 16.2 Å². The van der Waals surface area contributed by atoms with E-state index in [0.717, 1.165) is 50.1 Å². The van der Waals surface area contributed by atoms with Gasteiger partial charge in [0.2, 0.25) is 0 Å². The number of benzene rings is 1. The molecule has 1 aliphatic heterocycles. The lowest BCUT2D eigenvalue weighted by Gasteiger charge is -2.24. The molecule has 3 N–H and O–H groups in total. The first-order valence-electron chi connectivity index (χ1n) is 8.28. The maximum Gasteiger partial charge on any atom is 0.319 e. The van der Waals surface area contributed by atoms with Gasteiger partial charge in [0.25, 0.3) is 0 Å². The second-order valence-electron chi connectivity index (χ2n) is 6.45. The van der Waals surface area contributed by atoms with Crippen molar-refractivity contribution in [2.75, 3.05) is 29.9 Å². The molecule has 3 rings (SSSR count). The summed E-state index contributed by atoms with van der Waals surface area (Å²) >= 11 is 0. The predicted molar refractivity (Wildman–Crippen MR) is 88.3 cm³/mol. The minimum atomic E-state index is -0.716. The highest BCUT2D eigenvalue weighted by Crippen LogP contribution is 2.30. The van der Waals surface area contributed by atoms with Crippen LogP contribution < -0.4 is 15.5 Å². The molecule has 0 aromatic heterocycles. The summed E-state index contributed by atoms with van der Waals surface area (Å²) in [5.41, 5.74) is 1.20. The Hall–Kier alpha value is -1.75. The van der Waals surface area contributed by atoms with E-state index < -0.39 is 5.60 Å². The SMILES string of the molecule is O=C(NCC1(O)CCCC1)Nc1ccccc1N1CCCC1. The van der Waals surface area contributed by atoms with Gasteiger partial charge in [0.05, 0.1) is 17.0 Å². The number of hydrogen-bond donors (Lipinski definition) is 3. The number of amides is 2. The third kappa shape index (κ3) is 3.53. The Morgan fingerprint density at radius 1 is 1.14 bits per heavy atom. The number of rotatable bonds is 4. The summed E-state index contributed by atoms with van der Waals surface area (Å²) in [6, 6.07) is 7.66. The average Bonchev–Trinajstić information content (AvgIpc) is 3.18. The summed E-state index contributed by atoms with van der Waals surface area (Å²) in [6.45, 7) is 2.41. The van der Waals surface area contributed by atoms with Crippen molar-refractivity contribution in [3.8, 4) is 0 Å². The minimum Gasteiger partial charge on any atom is -0.388 e. The van der Waals surface area contributed by atoms with E-state index in [1.165, 1.54) is 12.8 Å². The first-order valence-corrected chi connectivity index (χ1v) is 8.28. The van der Waals surface area contributed by atoms with Crippen LogP contribution in [0.5, 0.6) is 0 Å². The maximum atomic E-state index is 12.1. The molecule has 1 aromatic carbocycles. The van der Waals surface area contributed by atoms with Gasteiger partial charge in [0, 0.05) is 19.6 Å². The molecule has 0 spiro atoms. The van der Waals surface area contributed by atoms with Crippen molar-refractivity contribution in [3.63, 3.8) is 0 Å². The van der Waals surface area contributed by atoms with Crippen molar-refractivity contribution in [1.82, 2.24) is 5.32 Å². The van der Waals surface area contributed by atoms with Crippen LogP contribution in [0, 0.1) is 0 Å². The number of nitrogens with one attached hydrogen (secondary N) is 2. The zero-order valence-electron chi connectivity index (χ0n) is 13.0. The molecular weight excluding hydrogens is 278 g/mol. The quantitative estimate of drug-likeness (QED) is 0.801. The number of carbonyl (C=O) groups excluding carboxylic acids is 1. The first-order chi connectivity index (χ1) is 10.7. The molecule has 2 fully saturated rings. The molecule has 1 heterocycles. The van der Waals surface area contributed by atoms with Gasteiger partial charge in [-0.2, -0.15) is 0 Å². The maximum absolute atomic E-state index is 12.1. The lowest BCUT2D eigenvalue weighted by atomic mass is 10.0. The van der Waals surface area contributed by atoms with Crippen LogP contribution in [0.1, 0.15) is 38.5 Å². The van der Waals surface area contributed by atoms with Gasteiger partial charge in [0.15, 0.2) is 0 Å². The van der Waals surface area contributed by atoms with E-state index in [2.05, 4.69) is 15.5 Å². The zero-order chi connectivity index (χ0) is 15.4. The molecule has 0 atom stereocenters. The Morgan fingerprint density at radius 3 is 2.55 bits per heavy atom. The molecule has 0 bridgehead atoms. The Kier molecular flexibility index (Phi) is 4.52. The minimum absolute atomic E-state index is 0.244. The van der Waals surface area contributed by atoms with Gasteiger partial charge in [-0.25, -0.2) is 4.79 Å². The number of anilines is 2. The second-order valence-corrected chi connectivity index (χ2v) is 6.45. The smallest absolute Gasteiger partial charge is 0.319 e. The Balaban J connectivity index is 1.59. The van der Waals surface area contributed by atoms with Gasteiger partial charge in [-0.3, -0.25) is 0 Å². The molecule has 0 unspecified atom stereocenters. The normalized spacial score (nSPS) is 20.1. The fraction of sp³-hybridized carbons (Fsp3) is 0.588. The summed E-state index contributed by atoms with van der Waals surface area (Å²) in [4.78, 5) is 14.4. The molecule has 5 nitrogen and oxygen atoms in total. The molecule has 120 valence electrons. The van der Waals surface area contributed by atoms with E-state index >= 15 is 0 Å². The van der Waals surface area contributed by atoms with Gasteiger partial charge in [0.1, 0.15) is 0 Å². The number of urea groups is 1. The highest BCUT2D eigenvalue weighted by atomic mass is 16.3. The van der Waals surface area contributed by atoms with Crippen molar-refractivity contribution < 1.29 is 9.90 Å². The van der Waals surface area contributed by atoms with E-state index in [4.69, 9.17) is 0 Å². The van der Waals surface area contributed by atoms with Crippen LogP contribution in [-0.4, -0.2) is 36.4 Å². The van der Waals surface area contributed by atoms with Gasteiger partial charge in [-0.1, -0.05) is 25.0 Å². The Morgan fingerprint density at radius 2 is 1.82 bits per heavy atom. The molecule has 5 heteroatoms. The van der Waals surface area contributed by atoms with Gasteiger partial charge < -0.3 is 20.6 Å². The Labute approximate surface area is 131 Å². The average molecular weight is 303 g/mol. The number of hydrogen-bond acceptors (Lipinski definition) is 3. The van der Waals surface area contributed by atoms with Crippen LogP contribution in [0.15, 0.2) is 24.3 Å². The monoisotopic (exact) mass is 303 g/mol. The van der Waals surface area contributed by atoms with Gasteiger partial charge in [-0.05, 0) is 37.8 Å². The van der Waals surface area contributed by atoms with Crippen molar-refractivity contribution in [3.05, 3.63) is 24.3 Å². The second kappa shape index (κ2) is 6.57. The topological polar surface area (TPSA) is 64.6 Å². The molecule has 2 amide bonds. The summed E-state index contributed by atoms with van der Waals surface area (Å²) in [6.07, 6.45) is 6.03.